The lowest BCUT2D eigenvalue weighted by molar-refractivity contribution is -0.141. The molecule has 3 aromatic rings. The molecule has 310 valence electrons. The summed E-state index contributed by atoms with van der Waals surface area (Å²) in [5, 5.41) is 3.87. The van der Waals surface area contributed by atoms with Crippen LogP contribution in [-0.4, -0.2) is 145 Å². The standard InChI is InChI=1S/C38H48F3N7O8S/c1-26(2)25-57(52,53)31-8-6-5-7-30(31)55-29-10-9-27(23-28(29)38(39,40)41)34-42-32(56-43-34)24-47-35(50)37(12-15-46(16-13-37)33(49)11-14-44(3)4)48(36(47)51)18-17-45-19-21-54-22-20-45/h5-10,23,26H,11-22,24-25H2,1-4H3. The van der Waals surface area contributed by atoms with E-state index in [1.54, 1.807) is 23.6 Å². The smallest absolute Gasteiger partial charge is 0.420 e. The highest BCUT2D eigenvalue weighted by Crippen LogP contribution is 2.42. The van der Waals surface area contributed by atoms with Crippen LogP contribution in [0, 0.1) is 5.92 Å². The van der Waals surface area contributed by atoms with Crippen LogP contribution in [0.5, 0.6) is 11.5 Å². The van der Waals surface area contributed by atoms with Gasteiger partial charge in [-0.05, 0) is 63.2 Å². The SMILES string of the molecule is CC(C)CS(=O)(=O)c1ccccc1Oc1ccc(-c2noc(CN3C(=O)N(CCN4CCOCC4)C4(CCN(C(=O)CCN(C)C)CC4)C3=O)n2)cc1C(F)(F)F. The van der Waals surface area contributed by atoms with Gasteiger partial charge in [-0.15, -0.1) is 0 Å². The number of alkyl halides is 3. The molecule has 0 N–H and O–H groups in total. The van der Waals surface area contributed by atoms with Gasteiger partial charge in [-0.3, -0.25) is 19.4 Å². The molecular weight excluding hydrogens is 772 g/mol. The second-order valence-corrected chi connectivity index (χ2v) is 17.2. The lowest BCUT2D eigenvalue weighted by Gasteiger charge is -2.43. The Balaban J connectivity index is 1.22. The number of morpholine rings is 1. The molecule has 1 spiro atoms. The van der Waals surface area contributed by atoms with Gasteiger partial charge in [-0.2, -0.15) is 18.2 Å². The Morgan fingerprint density at radius 3 is 2.37 bits per heavy atom. The molecule has 57 heavy (non-hydrogen) atoms. The molecular formula is C38H48F3N7O8S. The first-order valence-corrected chi connectivity index (χ1v) is 20.5. The number of amides is 4. The number of carbonyl (C=O) groups is 3. The van der Waals surface area contributed by atoms with Crippen molar-refractivity contribution >= 4 is 27.7 Å². The number of hydrogen-bond acceptors (Lipinski definition) is 12. The van der Waals surface area contributed by atoms with Gasteiger partial charge in [0.05, 0.1) is 24.5 Å². The number of ether oxygens (including phenoxy) is 2. The Bertz CT molecular complexity index is 2040. The summed E-state index contributed by atoms with van der Waals surface area (Å²) in [5.74, 6) is -2.25. The number of urea groups is 1. The minimum Gasteiger partial charge on any atom is -0.455 e. The fourth-order valence-electron chi connectivity index (χ4n) is 7.37. The maximum absolute atomic E-state index is 14.5. The van der Waals surface area contributed by atoms with Crippen molar-refractivity contribution in [2.24, 2.45) is 5.92 Å². The molecule has 4 heterocycles. The van der Waals surface area contributed by atoms with Gasteiger partial charge in [-0.25, -0.2) is 13.2 Å². The van der Waals surface area contributed by atoms with Crippen LogP contribution < -0.4 is 4.74 Å². The van der Waals surface area contributed by atoms with Crippen molar-refractivity contribution in [3.8, 4) is 22.9 Å². The Kier molecular flexibility index (Phi) is 12.6. The van der Waals surface area contributed by atoms with Crippen molar-refractivity contribution in [1.29, 1.82) is 0 Å². The van der Waals surface area contributed by atoms with Crippen molar-refractivity contribution in [1.82, 2.24) is 34.6 Å². The highest BCUT2D eigenvalue weighted by molar-refractivity contribution is 7.91. The number of sulfone groups is 1. The average Bonchev–Trinajstić information content (AvgIpc) is 3.70. The third-order valence-electron chi connectivity index (χ3n) is 10.3. The molecule has 3 aliphatic heterocycles. The number of carbonyl (C=O) groups excluding carboxylic acids is 3. The molecule has 3 aliphatic rings. The number of benzene rings is 2. The van der Waals surface area contributed by atoms with Gasteiger partial charge < -0.3 is 28.7 Å². The summed E-state index contributed by atoms with van der Waals surface area (Å²) in [5.41, 5.74) is -2.51. The molecule has 3 fully saturated rings. The van der Waals surface area contributed by atoms with Gasteiger partial charge in [-0.1, -0.05) is 31.1 Å². The Morgan fingerprint density at radius 2 is 1.70 bits per heavy atom. The molecule has 15 nitrogen and oxygen atoms in total. The number of hydrogen-bond donors (Lipinski definition) is 0. The summed E-state index contributed by atoms with van der Waals surface area (Å²) in [6.45, 7) is 7.43. The van der Waals surface area contributed by atoms with E-state index in [2.05, 4.69) is 15.0 Å². The second-order valence-electron chi connectivity index (χ2n) is 15.2. The highest BCUT2D eigenvalue weighted by atomic mass is 32.2. The van der Waals surface area contributed by atoms with Crippen LogP contribution in [0.1, 0.15) is 44.6 Å². The molecule has 0 unspecified atom stereocenters. The number of aromatic nitrogens is 2. The van der Waals surface area contributed by atoms with Crippen molar-refractivity contribution in [3.05, 3.63) is 53.9 Å². The van der Waals surface area contributed by atoms with Crippen LogP contribution >= 0.6 is 0 Å². The van der Waals surface area contributed by atoms with E-state index in [0.717, 1.165) is 17.0 Å². The van der Waals surface area contributed by atoms with Gasteiger partial charge >= 0.3 is 12.2 Å². The van der Waals surface area contributed by atoms with Crippen molar-refractivity contribution in [2.45, 2.75) is 56.3 Å². The summed E-state index contributed by atoms with van der Waals surface area (Å²) >= 11 is 0. The zero-order valence-electron chi connectivity index (χ0n) is 32.5. The highest BCUT2D eigenvalue weighted by Gasteiger charge is 2.58. The minimum atomic E-state index is -4.93. The molecule has 2 aromatic carbocycles. The number of piperidine rings is 1. The first-order chi connectivity index (χ1) is 27.0. The first kappa shape index (κ1) is 42.0. The van der Waals surface area contributed by atoms with Crippen molar-refractivity contribution < 1.29 is 50.0 Å². The summed E-state index contributed by atoms with van der Waals surface area (Å²) < 4.78 is 85.9. The molecule has 3 saturated heterocycles. The third kappa shape index (κ3) is 9.42. The van der Waals surface area contributed by atoms with Crippen LogP contribution in [0.15, 0.2) is 51.9 Å². The first-order valence-electron chi connectivity index (χ1n) is 18.9. The minimum absolute atomic E-state index is 0.0295. The topological polar surface area (TPSA) is 159 Å². The van der Waals surface area contributed by atoms with Crippen LogP contribution in [0.3, 0.4) is 0 Å². The normalized spacial score (nSPS) is 18.1. The van der Waals surface area contributed by atoms with Gasteiger partial charge in [0.15, 0.2) is 9.84 Å². The third-order valence-corrected chi connectivity index (χ3v) is 12.5. The van der Waals surface area contributed by atoms with E-state index in [-0.39, 0.29) is 64.9 Å². The lowest BCUT2D eigenvalue weighted by atomic mass is 9.85. The van der Waals surface area contributed by atoms with E-state index in [1.165, 1.54) is 30.3 Å². The Hall–Kier alpha value is -4.59. The quantitative estimate of drug-likeness (QED) is 0.212. The Labute approximate surface area is 329 Å². The zero-order chi connectivity index (χ0) is 41.1. The predicted octanol–water partition coefficient (Wildman–Crippen LogP) is 4.39. The van der Waals surface area contributed by atoms with Crippen LogP contribution in [0.25, 0.3) is 11.4 Å². The van der Waals surface area contributed by atoms with Gasteiger partial charge in [0.25, 0.3) is 5.91 Å². The van der Waals surface area contributed by atoms with Crippen LogP contribution in [0.2, 0.25) is 0 Å². The summed E-state index contributed by atoms with van der Waals surface area (Å²) in [6.07, 6.45) is -4.12. The number of halogens is 3. The number of para-hydroxylation sites is 1. The number of imide groups is 1. The predicted molar refractivity (Wildman–Crippen MR) is 200 cm³/mol. The fourth-order valence-corrected chi connectivity index (χ4v) is 9.13. The van der Waals surface area contributed by atoms with Crippen LogP contribution in [-0.2, 0) is 36.9 Å². The lowest BCUT2D eigenvalue weighted by Crippen LogP contribution is -2.58. The number of likely N-dealkylation sites (tertiary alicyclic amines) is 1. The van der Waals surface area contributed by atoms with E-state index in [0.29, 0.717) is 58.9 Å². The van der Waals surface area contributed by atoms with Crippen molar-refractivity contribution in [3.63, 3.8) is 0 Å². The summed E-state index contributed by atoms with van der Waals surface area (Å²) in [7, 11) is -0.110. The van der Waals surface area contributed by atoms with E-state index >= 15 is 0 Å². The molecule has 0 saturated carbocycles. The molecule has 0 radical (unpaired) electrons. The molecule has 0 bridgehead atoms. The van der Waals surface area contributed by atoms with Gasteiger partial charge in [0, 0.05) is 57.8 Å². The largest absolute Gasteiger partial charge is 0.455 e. The molecule has 1 aromatic heterocycles. The monoisotopic (exact) mass is 819 g/mol. The van der Waals surface area contributed by atoms with Gasteiger partial charge in [0.2, 0.25) is 17.6 Å². The summed E-state index contributed by atoms with van der Waals surface area (Å²) in [6, 6.07) is 8.02. The Morgan fingerprint density at radius 1 is 1.00 bits per heavy atom. The fraction of sp³-hybridized carbons (Fsp3) is 0.553. The molecule has 6 rings (SSSR count). The maximum Gasteiger partial charge on any atom is 0.420 e. The molecule has 4 amide bonds. The molecule has 0 atom stereocenters. The summed E-state index contributed by atoms with van der Waals surface area (Å²) in [4.78, 5) is 53.7. The number of rotatable bonds is 14. The van der Waals surface area contributed by atoms with Gasteiger partial charge in [0.1, 0.15) is 28.5 Å². The molecule has 19 heteroatoms. The van der Waals surface area contributed by atoms with Crippen molar-refractivity contribution in [2.75, 3.05) is 78.9 Å². The zero-order valence-corrected chi connectivity index (χ0v) is 33.3. The van der Waals surface area contributed by atoms with E-state index in [9.17, 15) is 36.0 Å². The van der Waals surface area contributed by atoms with E-state index < -0.39 is 51.3 Å². The second kappa shape index (κ2) is 17.1. The maximum atomic E-state index is 14.5. The average molecular weight is 820 g/mol. The number of nitrogens with zero attached hydrogens (tertiary/aromatic N) is 7. The molecule has 0 aliphatic carbocycles. The van der Waals surface area contributed by atoms with E-state index in [1.807, 2.05) is 19.0 Å². The van der Waals surface area contributed by atoms with Crippen LogP contribution in [0.4, 0.5) is 18.0 Å². The van der Waals surface area contributed by atoms with E-state index in [4.69, 9.17) is 14.0 Å².